The van der Waals surface area contributed by atoms with Gasteiger partial charge in [-0.2, -0.15) is 0 Å². The molecule has 0 spiro atoms. The fourth-order valence-corrected chi connectivity index (χ4v) is 5.06. The molecule has 0 bridgehead atoms. The second-order valence-corrected chi connectivity index (χ2v) is 10.00. The zero-order chi connectivity index (χ0) is 26.1. The van der Waals surface area contributed by atoms with Gasteiger partial charge >= 0.3 is 0 Å². The van der Waals surface area contributed by atoms with E-state index in [1.165, 1.54) is 5.56 Å². The van der Waals surface area contributed by atoms with E-state index in [1.54, 1.807) is 17.4 Å². The molecule has 0 saturated carbocycles. The molecular formula is C30H30N6O2. The number of carbonyl (C=O) groups is 1. The van der Waals surface area contributed by atoms with Crippen LogP contribution in [0.2, 0.25) is 0 Å². The normalized spacial score (nSPS) is 15.3. The summed E-state index contributed by atoms with van der Waals surface area (Å²) in [6.07, 6.45) is 3.74. The number of anilines is 2. The quantitative estimate of drug-likeness (QED) is 0.376. The standard InChI is InChI=1S/C30H30N6O2/c1-20(2)24-5-3-4-6-25(24)29-31-17-23-15-28(37)36(30(23)34-29)18-21-7-9-22(10-8-21)26-16-27(33-19-32-26)35-11-13-38-14-12-35/h3-10,16-17,19-20H,11-15,18H2,1-2H3. The van der Waals surface area contributed by atoms with Crippen molar-refractivity contribution in [2.75, 3.05) is 36.1 Å². The number of benzene rings is 2. The third-order valence-electron chi connectivity index (χ3n) is 7.14. The van der Waals surface area contributed by atoms with E-state index in [-0.39, 0.29) is 5.91 Å². The number of nitrogens with zero attached hydrogens (tertiary/aromatic N) is 6. The van der Waals surface area contributed by atoms with E-state index in [4.69, 9.17) is 9.72 Å². The van der Waals surface area contributed by atoms with Crippen LogP contribution in [0.25, 0.3) is 22.6 Å². The van der Waals surface area contributed by atoms with E-state index < -0.39 is 0 Å². The zero-order valence-electron chi connectivity index (χ0n) is 21.7. The maximum atomic E-state index is 13.0. The third-order valence-corrected chi connectivity index (χ3v) is 7.14. The molecule has 4 heterocycles. The summed E-state index contributed by atoms with van der Waals surface area (Å²) in [7, 11) is 0. The van der Waals surface area contributed by atoms with Gasteiger partial charge in [0.05, 0.1) is 31.9 Å². The van der Waals surface area contributed by atoms with Crippen LogP contribution in [0.3, 0.4) is 0 Å². The van der Waals surface area contributed by atoms with Gasteiger partial charge < -0.3 is 9.64 Å². The van der Waals surface area contributed by atoms with Crippen LogP contribution in [0, 0.1) is 0 Å². The van der Waals surface area contributed by atoms with Crippen molar-refractivity contribution in [1.29, 1.82) is 0 Å². The lowest BCUT2D eigenvalue weighted by molar-refractivity contribution is -0.117. The van der Waals surface area contributed by atoms with Gasteiger partial charge in [0.25, 0.3) is 0 Å². The summed E-state index contributed by atoms with van der Waals surface area (Å²) in [4.78, 5) is 35.4. The van der Waals surface area contributed by atoms with Crippen molar-refractivity contribution in [1.82, 2.24) is 19.9 Å². The number of ether oxygens (including phenoxy) is 1. The maximum absolute atomic E-state index is 13.0. The molecule has 0 atom stereocenters. The molecule has 1 saturated heterocycles. The van der Waals surface area contributed by atoms with Crippen LogP contribution >= 0.6 is 0 Å². The van der Waals surface area contributed by atoms with Gasteiger partial charge in [-0.25, -0.2) is 19.9 Å². The molecule has 38 heavy (non-hydrogen) atoms. The van der Waals surface area contributed by atoms with E-state index in [0.717, 1.165) is 46.9 Å². The van der Waals surface area contributed by atoms with E-state index in [2.05, 4.69) is 45.8 Å². The first-order chi connectivity index (χ1) is 18.6. The Labute approximate surface area is 222 Å². The largest absolute Gasteiger partial charge is 0.378 e. The molecule has 0 N–H and O–H groups in total. The summed E-state index contributed by atoms with van der Waals surface area (Å²) in [5.41, 5.74) is 5.98. The smallest absolute Gasteiger partial charge is 0.233 e. The minimum absolute atomic E-state index is 0.0404. The summed E-state index contributed by atoms with van der Waals surface area (Å²) in [5, 5.41) is 0. The summed E-state index contributed by atoms with van der Waals surface area (Å²) in [6, 6.07) is 18.4. The predicted octanol–water partition coefficient (Wildman–Crippen LogP) is 4.65. The molecule has 2 aromatic heterocycles. The summed E-state index contributed by atoms with van der Waals surface area (Å²) in [6.45, 7) is 7.86. The van der Waals surface area contributed by atoms with Gasteiger partial charge in [0.15, 0.2) is 5.82 Å². The highest BCUT2D eigenvalue weighted by atomic mass is 16.5. The molecule has 8 heteroatoms. The van der Waals surface area contributed by atoms with Crippen molar-refractivity contribution >= 4 is 17.5 Å². The molecule has 0 aliphatic carbocycles. The van der Waals surface area contributed by atoms with Crippen LogP contribution < -0.4 is 9.80 Å². The number of hydrogen-bond donors (Lipinski definition) is 0. The Morgan fingerprint density at radius 2 is 1.76 bits per heavy atom. The Kier molecular flexibility index (Phi) is 6.55. The predicted molar refractivity (Wildman–Crippen MR) is 147 cm³/mol. The molecule has 1 fully saturated rings. The molecule has 2 aromatic carbocycles. The van der Waals surface area contributed by atoms with Gasteiger partial charge in [0, 0.05) is 42.0 Å². The summed E-state index contributed by atoms with van der Waals surface area (Å²) in [5.74, 6) is 2.66. The number of morpholine rings is 1. The van der Waals surface area contributed by atoms with Gasteiger partial charge in [0.2, 0.25) is 5.91 Å². The summed E-state index contributed by atoms with van der Waals surface area (Å²) < 4.78 is 5.46. The van der Waals surface area contributed by atoms with Crippen LogP contribution in [0.5, 0.6) is 0 Å². The van der Waals surface area contributed by atoms with Crippen molar-refractivity contribution in [3.8, 4) is 22.6 Å². The number of carbonyl (C=O) groups excluding carboxylic acids is 1. The molecule has 4 aromatic rings. The first-order valence-corrected chi connectivity index (χ1v) is 13.1. The van der Waals surface area contributed by atoms with Crippen molar-refractivity contribution < 1.29 is 9.53 Å². The molecule has 192 valence electrons. The fourth-order valence-electron chi connectivity index (χ4n) is 5.06. The Bertz CT molecular complexity index is 1460. The van der Waals surface area contributed by atoms with Crippen LogP contribution in [-0.2, 0) is 22.5 Å². The van der Waals surface area contributed by atoms with E-state index in [0.29, 0.717) is 43.7 Å². The molecule has 8 nitrogen and oxygen atoms in total. The van der Waals surface area contributed by atoms with E-state index in [9.17, 15) is 4.79 Å². The van der Waals surface area contributed by atoms with Gasteiger partial charge in [0.1, 0.15) is 18.0 Å². The fraction of sp³-hybridized carbons (Fsp3) is 0.300. The van der Waals surface area contributed by atoms with E-state index in [1.807, 2.05) is 42.5 Å². The maximum Gasteiger partial charge on any atom is 0.233 e. The number of amides is 1. The number of rotatable bonds is 6. The first-order valence-electron chi connectivity index (χ1n) is 13.1. The minimum Gasteiger partial charge on any atom is -0.378 e. The lowest BCUT2D eigenvalue weighted by atomic mass is 9.97. The molecular weight excluding hydrogens is 476 g/mol. The average molecular weight is 507 g/mol. The minimum atomic E-state index is 0.0404. The summed E-state index contributed by atoms with van der Waals surface area (Å²) >= 11 is 0. The monoisotopic (exact) mass is 506 g/mol. The molecule has 0 unspecified atom stereocenters. The molecule has 1 amide bonds. The molecule has 2 aliphatic rings. The Morgan fingerprint density at radius 3 is 2.55 bits per heavy atom. The number of fused-ring (bicyclic) bond motifs is 1. The van der Waals surface area contributed by atoms with Crippen molar-refractivity contribution in [3.05, 3.63) is 83.8 Å². The van der Waals surface area contributed by atoms with Crippen molar-refractivity contribution in [2.24, 2.45) is 0 Å². The highest BCUT2D eigenvalue weighted by Crippen LogP contribution is 2.33. The number of aromatic nitrogens is 4. The lowest BCUT2D eigenvalue weighted by Gasteiger charge is -2.27. The van der Waals surface area contributed by atoms with Gasteiger partial charge in [-0.05, 0) is 17.0 Å². The Balaban J connectivity index is 1.23. The van der Waals surface area contributed by atoms with Crippen molar-refractivity contribution in [3.63, 3.8) is 0 Å². The van der Waals surface area contributed by atoms with Crippen LogP contribution in [0.1, 0.15) is 36.5 Å². The van der Waals surface area contributed by atoms with Gasteiger partial charge in [-0.1, -0.05) is 62.4 Å². The van der Waals surface area contributed by atoms with E-state index >= 15 is 0 Å². The highest BCUT2D eigenvalue weighted by molar-refractivity contribution is 6.00. The van der Waals surface area contributed by atoms with Crippen LogP contribution in [-0.4, -0.2) is 52.1 Å². The SMILES string of the molecule is CC(C)c1ccccc1-c1ncc2c(n1)N(Cc1ccc(-c3cc(N4CCOCC4)ncn3)cc1)C(=O)C2. The Morgan fingerprint density at radius 1 is 0.974 bits per heavy atom. The second kappa shape index (κ2) is 10.3. The second-order valence-electron chi connectivity index (χ2n) is 10.00. The molecule has 0 radical (unpaired) electrons. The average Bonchev–Trinajstić information content (AvgIpc) is 3.27. The van der Waals surface area contributed by atoms with Crippen LogP contribution in [0.4, 0.5) is 11.6 Å². The lowest BCUT2D eigenvalue weighted by Crippen LogP contribution is -2.36. The van der Waals surface area contributed by atoms with Crippen molar-refractivity contribution in [2.45, 2.75) is 32.7 Å². The Hall–Kier alpha value is -4.17. The van der Waals surface area contributed by atoms with Gasteiger partial charge in [-0.15, -0.1) is 0 Å². The number of hydrogen-bond acceptors (Lipinski definition) is 7. The van der Waals surface area contributed by atoms with Gasteiger partial charge in [-0.3, -0.25) is 9.69 Å². The topological polar surface area (TPSA) is 84.3 Å². The molecule has 2 aliphatic heterocycles. The van der Waals surface area contributed by atoms with Crippen LogP contribution in [0.15, 0.2) is 67.1 Å². The zero-order valence-corrected chi connectivity index (χ0v) is 21.7. The highest BCUT2D eigenvalue weighted by Gasteiger charge is 2.30. The molecule has 6 rings (SSSR count). The third kappa shape index (κ3) is 4.75. The first kappa shape index (κ1) is 24.2.